The second-order valence-corrected chi connectivity index (χ2v) is 4.50. The molecule has 2 rings (SSSR count). The van der Waals surface area contributed by atoms with Gasteiger partial charge in [-0.25, -0.2) is 9.18 Å². The molecule has 1 unspecified atom stereocenters. The van der Waals surface area contributed by atoms with E-state index in [0.717, 1.165) is 5.56 Å². The van der Waals surface area contributed by atoms with Crippen molar-refractivity contribution in [3.8, 4) is 0 Å². The number of rotatable bonds is 2. The van der Waals surface area contributed by atoms with E-state index in [9.17, 15) is 14.0 Å². The van der Waals surface area contributed by atoms with Crippen molar-refractivity contribution in [3.63, 3.8) is 0 Å². The van der Waals surface area contributed by atoms with Crippen LogP contribution in [0.2, 0.25) is 0 Å². The lowest BCUT2D eigenvalue weighted by atomic mass is 10.2. The highest BCUT2D eigenvalue weighted by Gasteiger charge is 2.26. The molecule has 1 amide bonds. The van der Waals surface area contributed by atoms with Gasteiger partial charge < -0.3 is 9.64 Å². The van der Waals surface area contributed by atoms with E-state index >= 15 is 0 Å². The lowest BCUT2D eigenvalue weighted by molar-refractivity contribution is -0.123. The first-order valence-corrected chi connectivity index (χ1v) is 6.29. The van der Waals surface area contributed by atoms with Gasteiger partial charge in [0.1, 0.15) is 6.61 Å². The number of halogens is 1. The third-order valence-corrected chi connectivity index (χ3v) is 3.09. The standard InChI is InChI=1S/C14H16FNO3/c15-12-6-8-16(9-7-13(12)17)14(18)19-10-11-4-2-1-3-5-11/h1-5,12H,6-10H2. The smallest absolute Gasteiger partial charge is 0.410 e. The fourth-order valence-corrected chi connectivity index (χ4v) is 1.94. The number of amides is 1. The summed E-state index contributed by atoms with van der Waals surface area (Å²) in [6, 6.07) is 9.32. The molecule has 0 spiro atoms. The Morgan fingerprint density at radius 1 is 1.32 bits per heavy atom. The zero-order valence-corrected chi connectivity index (χ0v) is 10.5. The van der Waals surface area contributed by atoms with Crippen molar-refractivity contribution in [2.45, 2.75) is 25.6 Å². The number of Topliss-reactive ketones (excluding diaryl/α,β-unsaturated/α-hetero) is 1. The molecule has 0 bridgehead atoms. The van der Waals surface area contributed by atoms with E-state index in [-0.39, 0.29) is 32.5 Å². The molecule has 1 atom stereocenters. The summed E-state index contributed by atoms with van der Waals surface area (Å²) in [7, 11) is 0. The SMILES string of the molecule is O=C1CCN(C(=O)OCc2ccccc2)CCC1F. The number of benzene rings is 1. The van der Waals surface area contributed by atoms with Crippen LogP contribution in [-0.2, 0) is 16.1 Å². The highest BCUT2D eigenvalue weighted by molar-refractivity contribution is 5.84. The van der Waals surface area contributed by atoms with Crippen LogP contribution < -0.4 is 0 Å². The van der Waals surface area contributed by atoms with Crippen LogP contribution in [0.1, 0.15) is 18.4 Å². The van der Waals surface area contributed by atoms with Crippen LogP contribution in [0.25, 0.3) is 0 Å². The van der Waals surface area contributed by atoms with Crippen molar-refractivity contribution in [2.24, 2.45) is 0 Å². The maximum absolute atomic E-state index is 13.2. The number of ketones is 1. The maximum Gasteiger partial charge on any atom is 0.410 e. The lowest BCUT2D eigenvalue weighted by Gasteiger charge is -2.19. The number of carbonyl (C=O) groups excluding carboxylic acids is 2. The number of likely N-dealkylation sites (tertiary alicyclic amines) is 1. The molecule has 0 N–H and O–H groups in total. The third kappa shape index (κ3) is 3.77. The molecule has 102 valence electrons. The highest BCUT2D eigenvalue weighted by atomic mass is 19.1. The van der Waals surface area contributed by atoms with Gasteiger partial charge in [0.15, 0.2) is 12.0 Å². The van der Waals surface area contributed by atoms with Crippen LogP contribution in [0.15, 0.2) is 30.3 Å². The summed E-state index contributed by atoms with van der Waals surface area (Å²) < 4.78 is 18.3. The molecular formula is C14H16FNO3. The molecule has 1 aromatic carbocycles. The quantitative estimate of drug-likeness (QED) is 0.824. The van der Waals surface area contributed by atoms with Crippen LogP contribution in [-0.4, -0.2) is 36.0 Å². The van der Waals surface area contributed by atoms with Crippen LogP contribution in [0.4, 0.5) is 9.18 Å². The molecule has 4 nitrogen and oxygen atoms in total. The average Bonchev–Trinajstić information content (AvgIpc) is 2.60. The van der Waals surface area contributed by atoms with E-state index in [1.807, 2.05) is 30.3 Å². The average molecular weight is 265 g/mol. The summed E-state index contributed by atoms with van der Waals surface area (Å²) in [5.41, 5.74) is 0.894. The minimum Gasteiger partial charge on any atom is -0.445 e. The first-order chi connectivity index (χ1) is 9.16. The second kappa shape index (κ2) is 6.31. The van der Waals surface area contributed by atoms with E-state index < -0.39 is 18.0 Å². The van der Waals surface area contributed by atoms with Crippen molar-refractivity contribution in [3.05, 3.63) is 35.9 Å². The Kier molecular flexibility index (Phi) is 4.49. The molecule has 1 aromatic rings. The molecule has 0 aliphatic carbocycles. The summed E-state index contributed by atoms with van der Waals surface area (Å²) in [5.74, 6) is -0.432. The molecule has 19 heavy (non-hydrogen) atoms. The van der Waals surface area contributed by atoms with Gasteiger partial charge in [0.2, 0.25) is 0 Å². The van der Waals surface area contributed by atoms with Gasteiger partial charge in [-0.3, -0.25) is 4.79 Å². The minimum absolute atomic E-state index is 0.0548. The second-order valence-electron chi connectivity index (χ2n) is 4.50. The molecular weight excluding hydrogens is 249 g/mol. The number of hydrogen-bond donors (Lipinski definition) is 0. The monoisotopic (exact) mass is 265 g/mol. The summed E-state index contributed by atoms with van der Waals surface area (Å²) in [4.78, 5) is 24.4. The van der Waals surface area contributed by atoms with Gasteiger partial charge >= 0.3 is 6.09 Å². The summed E-state index contributed by atoms with van der Waals surface area (Å²) in [6.07, 6.45) is -1.83. The molecule has 1 saturated heterocycles. The zero-order valence-electron chi connectivity index (χ0n) is 10.5. The van der Waals surface area contributed by atoms with Crippen molar-refractivity contribution >= 4 is 11.9 Å². The predicted octanol–water partition coefficient (Wildman–Crippen LogP) is 2.33. The van der Waals surface area contributed by atoms with Gasteiger partial charge in [-0.1, -0.05) is 30.3 Å². The number of nitrogens with zero attached hydrogens (tertiary/aromatic N) is 1. The van der Waals surface area contributed by atoms with Gasteiger partial charge in [-0.2, -0.15) is 0 Å². The van der Waals surface area contributed by atoms with Crippen LogP contribution in [0.5, 0.6) is 0 Å². The number of carbonyl (C=O) groups is 2. The molecule has 1 fully saturated rings. The zero-order chi connectivity index (χ0) is 13.7. The van der Waals surface area contributed by atoms with Gasteiger partial charge in [-0.15, -0.1) is 0 Å². The Bertz CT molecular complexity index is 449. The Morgan fingerprint density at radius 3 is 2.79 bits per heavy atom. The molecule has 0 radical (unpaired) electrons. The van der Waals surface area contributed by atoms with Gasteiger partial charge in [-0.05, 0) is 5.56 Å². The van der Waals surface area contributed by atoms with Gasteiger partial charge in [0, 0.05) is 25.9 Å². The fourth-order valence-electron chi connectivity index (χ4n) is 1.94. The van der Waals surface area contributed by atoms with Gasteiger partial charge in [0.05, 0.1) is 0 Å². The fraction of sp³-hybridized carbons (Fsp3) is 0.429. The normalized spacial score (nSPS) is 19.9. The molecule has 5 heteroatoms. The molecule has 0 saturated carbocycles. The highest BCUT2D eigenvalue weighted by Crippen LogP contribution is 2.12. The van der Waals surface area contributed by atoms with E-state index in [2.05, 4.69) is 0 Å². The van der Waals surface area contributed by atoms with Crippen LogP contribution in [0.3, 0.4) is 0 Å². The maximum atomic E-state index is 13.2. The first kappa shape index (κ1) is 13.5. The molecule has 1 aliphatic heterocycles. The Labute approximate surface area is 111 Å². The van der Waals surface area contributed by atoms with E-state index in [1.165, 1.54) is 4.90 Å². The Balaban J connectivity index is 1.84. The van der Waals surface area contributed by atoms with Crippen LogP contribution in [0, 0.1) is 0 Å². The van der Waals surface area contributed by atoms with Gasteiger partial charge in [0.25, 0.3) is 0 Å². The molecule has 1 aliphatic rings. The summed E-state index contributed by atoms with van der Waals surface area (Å²) in [5, 5.41) is 0. The Hall–Kier alpha value is -1.91. The van der Waals surface area contributed by atoms with E-state index in [4.69, 9.17) is 4.74 Å². The summed E-state index contributed by atoms with van der Waals surface area (Å²) >= 11 is 0. The third-order valence-electron chi connectivity index (χ3n) is 3.09. The topological polar surface area (TPSA) is 46.6 Å². The molecule has 1 heterocycles. The Morgan fingerprint density at radius 2 is 2.05 bits per heavy atom. The van der Waals surface area contributed by atoms with Crippen molar-refractivity contribution in [1.82, 2.24) is 4.90 Å². The number of hydrogen-bond acceptors (Lipinski definition) is 3. The number of alkyl halides is 1. The van der Waals surface area contributed by atoms with E-state index in [1.54, 1.807) is 0 Å². The van der Waals surface area contributed by atoms with Crippen molar-refractivity contribution in [2.75, 3.05) is 13.1 Å². The van der Waals surface area contributed by atoms with Crippen molar-refractivity contribution in [1.29, 1.82) is 0 Å². The first-order valence-electron chi connectivity index (χ1n) is 6.29. The lowest BCUT2D eigenvalue weighted by Crippen LogP contribution is -2.32. The largest absolute Gasteiger partial charge is 0.445 e. The summed E-state index contributed by atoms with van der Waals surface area (Å²) in [6.45, 7) is 0.635. The minimum atomic E-state index is -1.45. The van der Waals surface area contributed by atoms with E-state index in [0.29, 0.717) is 0 Å². The van der Waals surface area contributed by atoms with Crippen LogP contribution >= 0.6 is 0 Å². The molecule has 0 aromatic heterocycles. The predicted molar refractivity (Wildman–Crippen MR) is 67.3 cm³/mol. The number of ether oxygens (including phenoxy) is 1. The van der Waals surface area contributed by atoms with Crippen molar-refractivity contribution < 1.29 is 18.7 Å².